The van der Waals surface area contributed by atoms with Gasteiger partial charge in [-0.2, -0.15) is 0 Å². The van der Waals surface area contributed by atoms with Crippen LogP contribution in [0.3, 0.4) is 0 Å². The fourth-order valence-electron chi connectivity index (χ4n) is 1.33. The van der Waals surface area contributed by atoms with Gasteiger partial charge in [0.05, 0.1) is 0 Å². The van der Waals surface area contributed by atoms with E-state index in [9.17, 15) is 0 Å². The van der Waals surface area contributed by atoms with Gasteiger partial charge in [-0.1, -0.05) is 20.3 Å². The number of thioether (sulfide) groups is 1. The first-order valence-electron chi connectivity index (χ1n) is 5.74. The van der Waals surface area contributed by atoms with Gasteiger partial charge in [0.2, 0.25) is 0 Å². The molecule has 4 heteroatoms. The zero-order valence-electron chi connectivity index (χ0n) is 10.8. The molecule has 0 spiro atoms. The highest BCUT2D eigenvalue weighted by Gasteiger charge is 2.09. The van der Waals surface area contributed by atoms with Crippen LogP contribution in [0.5, 0.6) is 0 Å². The Labute approximate surface area is 102 Å². The smallest absolute Gasteiger partial charge is 0.133 e. The number of aromatic nitrogens is 2. The standard InChI is InChI=1S/C12H21N3S/c1-6-8(2)7-16-12-9(3)11(13-5)14-10(4)15-12/h8H,6-7H2,1-5H3,(H,13,14,15). The first-order valence-corrected chi connectivity index (χ1v) is 6.72. The van der Waals surface area contributed by atoms with E-state index in [1.807, 2.05) is 25.7 Å². The maximum Gasteiger partial charge on any atom is 0.133 e. The zero-order chi connectivity index (χ0) is 12.1. The van der Waals surface area contributed by atoms with Crippen LogP contribution < -0.4 is 5.32 Å². The molecule has 0 aliphatic rings. The van der Waals surface area contributed by atoms with E-state index in [0.29, 0.717) is 0 Å². The van der Waals surface area contributed by atoms with Gasteiger partial charge in [-0.05, 0) is 19.8 Å². The van der Waals surface area contributed by atoms with Crippen molar-refractivity contribution < 1.29 is 0 Å². The van der Waals surface area contributed by atoms with Crippen molar-refractivity contribution in [3.05, 3.63) is 11.4 Å². The zero-order valence-corrected chi connectivity index (χ0v) is 11.6. The van der Waals surface area contributed by atoms with E-state index in [4.69, 9.17) is 0 Å². The number of hydrogen-bond donors (Lipinski definition) is 1. The third-order valence-corrected chi connectivity index (χ3v) is 4.06. The molecule has 0 saturated heterocycles. The third kappa shape index (κ3) is 3.37. The van der Waals surface area contributed by atoms with Gasteiger partial charge in [-0.3, -0.25) is 0 Å². The number of nitrogens with one attached hydrogen (secondary N) is 1. The normalized spacial score (nSPS) is 12.6. The molecule has 1 atom stereocenters. The summed E-state index contributed by atoms with van der Waals surface area (Å²) in [5.74, 6) is 3.63. The topological polar surface area (TPSA) is 37.8 Å². The summed E-state index contributed by atoms with van der Waals surface area (Å²) in [6.07, 6.45) is 1.22. The molecule has 1 heterocycles. The van der Waals surface area contributed by atoms with Crippen molar-refractivity contribution in [1.29, 1.82) is 0 Å². The van der Waals surface area contributed by atoms with E-state index in [1.54, 1.807) is 0 Å². The van der Waals surface area contributed by atoms with Crippen molar-refractivity contribution >= 4 is 17.6 Å². The minimum Gasteiger partial charge on any atom is -0.373 e. The summed E-state index contributed by atoms with van der Waals surface area (Å²) in [6, 6.07) is 0. The van der Waals surface area contributed by atoms with E-state index in [0.717, 1.165) is 33.9 Å². The van der Waals surface area contributed by atoms with Gasteiger partial charge in [-0.15, -0.1) is 11.8 Å². The SMILES string of the molecule is CCC(C)CSc1nc(C)nc(NC)c1C. The van der Waals surface area contributed by atoms with Crippen molar-refractivity contribution in [2.75, 3.05) is 18.1 Å². The van der Waals surface area contributed by atoms with Crippen LogP contribution in [0, 0.1) is 19.8 Å². The molecule has 0 fully saturated rings. The number of aryl methyl sites for hydroxylation is 1. The average Bonchev–Trinajstić information content (AvgIpc) is 2.29. The minimum atomic E-state index is 0.734. The minimum absolute atomic E-state index is 0.734. The molecular formula is C12H21N3S. The Bertz CT molecular complexity index is 352. The Balaban J connectivity index is 2.83. The highest BCUT2D eigenvalue weighted by atomic mass is 32.2. The highest BCUT2D eigenvalue weighted by molar-refractivity contribution is 7.99. The molecule has 1 unspecified atom stereocenters. The molecule has 1 aromatic rings. The first-order chi connectivity index (χ1) is 7.58. The van der Waals surface area contributed by atoms with Crippen LogP contribution in [0.2, 0.25) is 0 Å². The van der Waals surface area contributed by atoms with Crippen LogP contribution in [0.25, 0.3) is 0 Å². The number of nitrogens with zero attached hydrogens (tertiary/aromatic N) is 2. The summed E-state index contributed by atoms with van der Waals surface area (Å²) in [5, 5.41) is 4.22. The average molecular weight is 239 g/mol. The van der Waals surface area contributed by atoms with Crippen molar-refractivity contribution in [3.8, 4) is 0 Å². The lowest BCUT2D eigenvalue weighted by Crippen LogP contribution is -2.03. The summed E-state index contributed by atoms with van der Waals surface area (Å²) >= 11 is 1.83. The highest BCUT2D eigenvalue weighted by Crippen LogP contribution is 2.26. The van der Waals surface area contributed by atoms with E-state index >= 15 is 0 Å². The lowest BCUT2D eigenvalue weighted by atomic mass is 10.2. The fraction of sp³-hybridized carbons (Fsp3) is 0.667. The first kappa shape index (κ1) is 13.3. The summed E-state index contributed by atoms with van der Waals surface area (Å²) in [7, 11) is 1.90. The molecule has 90 valence electrons. The summed E-state index contributed by atoms with van der Waals surface area (Å²) in [6.45, 7) is 8.51. The van der Waals surface area contributed by atoms with Crippen molar-refractivity contribution in [3.63, 3.8) is 0 Å². The lowest BCUT2D eigenvalue weighted by Gasteiger charge is -2.12. The van der Waals surface area contributed by atoms with Crippen LogP contribution >= 0.6 is 11.8 Å². The predicted octanol–water partition coefficient (Wildman–Crippen LogP) is 3.27. The van der Waals surface area contributed by atoms with E-state index in [-0.39, 0.29) is 0 Å². The summed E-state index contributed by atoms with van der Waals surface area (Å²) in [4.78, 5) is 8.86. The quantitative estimate of drug-likeness (QED) is 0.632. The van der Waals surface area contributed by atoms with Gasteiger partial charge < -0.3 is 5.32 Å². The second kappa shape index (κ2) is 6.09. The second-order valence-corrected chi connectivity index (χ2v) is 5.13. The molecule has 1 aromatic heterocycles. The number of rotatable bonds is 5. The van der Waals surface area contributed by atoms with Crippen molar-refractivity contribution in [1.82, 2.24) is 9.97 Å². The molecule has 0 bridgehead atoms. The maximum absolute atomic E-state index is 4.50. The molecule has 0 saturated carbocycles. The molecular weight excluding hydrogens is 218 g/mol. The fourth-order valence-corrected chi connectivity index (χ4v) is 2.51. The summed E-state index contributed by atoms with van der Waals surface area (Å²) in [5.41, 5.74) is 1.15. The molecule has 0 aromatic carbocycles. The molecule has 1 N–H and O–H groups in total. The van der Waals surface area contributed by atoms with E-state index in [2.05, 4.69) is 36.1 Å². The summed E-state index contributed by atoms with van der Waals surface area (Å²) < 4.78 is 0. The molecule has 3 nitrogen and oxygen atoms in total. The molecule has 0 aliphatic carbocycles. The van der Waals surface area contributed by atoms with E-state index in [1.165, 1.54) is 6.42 Å². The Morgan fingerprint density at radius 3 is 2.56 bits per heavy atom. The number of anilines is 1. The maximum atomic E-state index is 4.50. The Kier molecular flexibility index (Phi) is 5.06. The predicted molar refractivity (Wildman–Crippen MR) is 71.2 cm³/mol. The molecule has 16 heavy (non-hydrogen) atoms. The molecule has 0 amide bonds. The second-order valence-electron chi connectivity index (χ2n) is 4.12. The van der Waals surface area contributed by atoms with Crippen molar-refractivity contribution in [2.24, 2.45) is 5.92 Å². The van der Waals surface area contributed by atoms with Crippen LogP contribution in [-0.2, 0) is 0 Å². The van der Waals surface area contributed by atoms with Crippen molar-refractivity contribution in [2.45, 2.75) is 39.1 Å². The van der Waals surface area contributed by atoms with Crippen LogP contribution in [0.4, 0.5) is 5.82 Å². The van der Waals surface area contributed by atoms with Gasteiger partial charge in [0.25, 0.3) is 0 Å². The molecule has 0 radical (unpaired) electrons. The van der Waals surface area contributed by atoms with Gasteiger partial charge in [0.15, 0.2) is 0 Å². The largest absolute Gasteiger partial charge is 0.373 e. The van der Waals surface area contributed by atoms with Crippen LogP contribution in [0.1, 0.15) is 31.7 Å². The van der Waals surface area contributed by atoms with E-state index < -0.39 is 0 Å². The van der Waals surface area contributed by atoms with Gasteiger partial charge in [0, 0.05) is 18.4 Å². The third-order valence-electron chi connectivity index (χ3n) is 2.65. The van der Waals surface area contributed by atoms with Crippen LogP contribution in [-0.4, -0.2) is 22.8 Å². The lowest BCUT2D eigenvalue weighted by molar-refractivity contribution is 0.636. The monoisotopic (exact) mass is 239 g/mol. The molecule has 0 aliphatic heterocycles. The molecule has 1 rings (SSSR count). The Morgan fingerprint density at radius 2 is 2.00 bits per heavy atom. The van der Waals surface area contributed by atoms with Crippen LogP contribution in [0.15, 0.2) is 5.03 Å². The Hall–Kier alpha value is -0.770. The number of hydrogen-bond acceptors (Lipinski definition) is 4. The Morgan fingerprint density at radius 1 is 1.31 bits per heavy atom. The van der Waals surface area contributed by atoms with Gasteiger partial charge in [-0.25, -0.2) is 9.97 Å². The van der Waals surface area contributed by atoms with Gasteiger partial charge >= 0.3 is 0 Å². The van der Waals surface area contributed by atoms with Gasteiger partial charge in [0.1, 0.15) is 16.7 Å².